The number of hydrogen-bond acceptors (Lipinski definition) is 5. The van der Waals surface area contributed by atoms with Crippen molar-refractivity contribution >= 4 is 18.2 Å². The second kappa shape index (κ2) is 15.2. The molecule has 3 rings (SSSR count). The van der Waals surface area contributed by atoms with Gasteiger partial charge < -0.3 is 9.64 Å². The molecule has 1 aromatic carbocycles. The number of ether oxygens (including phenoxy) is 1. The van der Waals surface area contributed by atoms with Crippen LogP contribution in [-0.2, 0) is 6.54 Å². The van der Waals surface area contributed by atoms with Crippen LogP contribution in [-0.4, -0.2) is 59.7 Å². The first-order valence-electron chi connectivity index (χ1n) is 11.2. The van der Waals surface area contributed by atoms with Crippen LogP contribution in [0.4, 0.5) is 0 Å². The van der Waals surface area contributed by atoms with Crippen molar-refractivity contribution in [2.45, 2.75) is 40.2 Å². The zero-order valence-electron chi connectivity index (χ0n) is 20.0. The topological polar surface area (TPSA) is 75.1 Å². The van der Waals surface area contributed by atoms with E-state index in [1.54, 1.807) is 37.6 Å². The second-order valence-electron chi connectivity index (χ2n) is 6.81. The van der Waals surface area contributed by atoms with Gasteiger partial charge in [-0.3, -0.25) is 19.5 Å². The molecule has 7 nitrogen and oxygen atoms in total. The van der Waals surface area contributed by atoms with Crippen LogP contribution in [0.3, 0.4) is 0 Å². The summed E-state index contributed by atoms with van der Waals surface area (Å²) in [4.78, 5) is 36.9. The molecule has 7 heteroatoms. The number of aromatic nitrogens is 1. The fourth-order valence-electron chi connectivity index (χ4n) is 3.21. The van der Waals surface area contributed by atoms with E-state index in [2.05, 4.69) is 34.6 Å². The van der Waals surface area contributed by atoms with Crippen LogP contribution in [0.15, 0.2) is 47.6 Å². The van der Waals surface area contributed by atoms with Crippen LogP contribution in [0.5, 0.6) is 5.88 Å². The predicted octanol–water partition coefficient (Wildman–Crippen LogP) is 4.29. The second-order valence-corrected chi connectivity index (χ2v) is 6.81. The van der Waals surface area contributed by atoms with Gasteiger partial charge in [-0.2, -0.15) is 0 Å². The summed E-state index contributed by atoms with van der Waals surface area (Å²) in [6.45, 7) is 8.74. The fraction of sp³-hybridized carbons (Fsp3) is 0.385. The van der Waals surface area contributed by atoms with Crippen molar-refractivity contribution in [1.29, 1.82) is 0 Å². The quantitative estimate of drug-likeness (QED) is 0.177. The lowest BCUT2D eigenvalue weighted by atomic mass is 10.1. The maximum atomic E-state index is 12.4. The number of methoxy groups -OCH3 is 1. The van der Waals surface area contributed by atoms with Crippen LogP contribution in [0.1, 0.15) is 59.9 Å². The minimum Gasteiger partial charge on any atom is -0.481 e. The highest BCUT2D eigenvalue weighted by Crippen LogP contribution is 2.22. The molecule has 0 atom stereocenters. The molecule has 1 aliphatic heterocycles. The highest BCUT2D eigenvalue weighted by Gasteiger charge is 2.34. The van der Waals surface area contributed by atoms with Gasteiger partial charge in [-0.25, -0.2) is 4.98 Å². The lowest BCUT2D eigenvalue weighted by Crippen LogP contribution is -2.31. The van der Waals surface area contributed by atoms with E-state index in [1.165, 1.54) is 4.90 Å². The molecule has 2 heterocycles. The molecule has 0 aliphatic carbocycles. The molecule has 176 valence electrons. The van der Waals surface area contributed by atoms with E-state index in [1.807, 2.05) is 32.3 Å². The zero-order chi connectivity index (χ0) is 24.6. The van der Waals surface area contributed by atoms with E-state index in [9.17, 15) is 9.59 Å². The summed E-state index contributed by atoms with van der Waals surface area (Å²) < 4.78 is 5.05. The minimum atomic E-state index is -0.187. The lowest BCUT2D eigenvalue weighted by molar-refractivity contribution is 0.0651. The van der Waals surface area contributed by atoms with Crippen LogP contribution < -0.4 is 4.74 Å². The Morgan fingerprint density at radius 1 is 1.06 bits per heavy atom. The third kappa shape index (κ3) is 7.76. The molecule has 0 N–H and O–H groups in total. The molecule has 2 aromatic rings. The number of benzene rings is 1. The molecular formula is C26H34N4O3. The molecule has 0 bridgehead atoms. The highest BCUT2D eigenvalue weighted by molar-refractivity contribution is 6.21. The summed E-state index contributed by atoms with van der Waals surface area (Å²) in [7, 11) is 1.59. The van der Waals surface area contributed by atoms with Crippen LogP contribution >= 0.6 is 0 Å². The summed E-state index contributed by atoms with van der Waals surface area (Å²) in [6, 6.07) is 10.8. The van der Waals surface area contributed by atoms with Crippen molar-refractivity contribution in [1.82, 2.24) is 14.8 Å². The fourth-order valence-corrected chi connectivity index (χ4v) is 3.21. The smallest absolute Gasteiger partial charge is 0.261 e. The van der Waals surface area contributed by atoms with Crippen LogP contribution in [0.2, 0.25) is 0 Å². The summed E-state index contributed by atoms with van der Waals surface area (Å²) in [5.41, 5.74) is 2.03. The maximum Gasteiger partial charge on any atom is 0.261 e. The number of pyridine rings is 1. The number of unbranched alkanes of at least 4 members (excludes halogenated alkanes) is 1. The molecule has 0 unspecified atom stereocenters. The van der Waals surface area contributed by atoms with Gasteiger partial charge in [0.25, 0.3) is 11.8 Å². The first-order chi connectivity index (χ1) is 16.1. The Kier molecular flexibility index (Phi) is 12.6. The van der Waals surface area contributed by atoms with E-state index < -0.39 is 0 Å². The number of hydrogen-bond donors (Lipinski definition) is 0. The molecule has 2 amide bonds. The van der Waals surface area contributed by atoms with Gasteiger partial charge in [0.2, 0.25) is 5.88 Å². The standard InChI is InChI=1S/C22H26N4O3.C2H6.C2H2/c1-3-25(16-23-14-17-10-11-20(29-2)24-15-17)12-6-7-13-26-21(27)18-8-4-5-9-19(18)22(26)28;2*1-2/h4-5,8-11,15-16H,3,6-7,12-14H2,1-2H3;1-2H3;1-2H. The first kappa shape index (κ1) is 27.4. The summed E-state index contributed by atoms with van der Waals surface area (Å²) in [5.74, 6) is 0.214. The van der Waals surface area contributed by atoms with Crippen molar-refractivity contribution in [3.8, 4) is 18.7 Å². The molecule has 0 saturated carbocycles. The number of fused-ring (bicyclic) bond motifs is 1. The Bertz CT molecular complexity index is 888. The summed E-state index contributed by atoms with van der Waals surface area (Å²) in [5, 5.41) is 0. The molecule has 0 radical (unpaired) electrons. The van der Waals surface area contributed by atoms with E-state index >= 15 is 0 Å². The van der Waals surface area contributed by atoms with Crippen molar-refractivity contribution in [2.24, 2.45) is 4.99 Å². The van der Waals surface area contributed by atoms with Gasteiger partial charge >= 0.3 is 0 Å². The molecule has 33 heavy (non-hydrogen) atoms. The molecule has 0 fully saturated rings. The molecule has 0 saturated heterocycles. The number of carbonyl (C=O) groups excluding carboxylic acids is 2. The predicted molar refractivity (Wildman–Crippen MR) is 133 cm³/mol. The third-order valence-corrected chi connectivity index (χ3v) is 4.89. The lowest BCUT2D eigenvalue weighted by Gasteiger charge is -2.18. The van der Waals surface area contributed by atoms with Gasteiger partial charge in [0.05, 0.1) is 31.1 Å². The molecule has 0 spiro atoms. The van der Waals surface area contributed by atoms with E-state index in [0.29, 0.717) is 30.1 Å². The van der Waals surface area contributed by atoms with E-state index in [4.69, 9.17) is 4.74 Å². The average Bonchev–Trinajstić information content (AvgIpc) is 3.13. The number of carbonyl (C=O) groups is 2. The Balaban J connectivity index is 0.00000129. The van der Waals surface area contributed by atoms with Crippen molar-refractivity contribution < 1.29 is 14.3 Å². The normalized spacial score (nSPS) is 11.9. The van der Waals surface area contributed by atoms with Crippen LogP contribution in [0, 0.1) is 12.8 Å². The zero-order valence-corrected chi connectivity index (χ0v) is 20.0. The van der Waals surface area contributed by atoms with Gasteiger partial charge in [0.15, 0.2) is 0 Å². The Morgan fingerprint density at radius 3 is 2.21 bits per heavy atom. The summed E-state index contributed by atoms with van der Waals surface area (Å²) >= 11 is 0. The largest absolute Gasteiger partial charge is 0.481 e. The van der Waals surface area contributed by atoms with Gasteiger partial charge in [0.1, 0.15) is 0 Å². The number of nitrogens with zero attached hydrogens (tertiary/aromatic N) is 4. The summed E-state index contributed by atoms with van der Waals surface area (Å²) in [6.07, 6.45) is 13.2. The van der Waals surface area contributed by atoms with Crippen molar-refractivity contribution in [3.63, 3.8) is 0 Å². The Morgan fingerprint density at radius 2 is 1.70 bits per heavy atom. The van der Waals surface area contributed by atoms with Crippen molar-refractivity contribution in [3.05, 3.63) is 59.3 Å². The number of imide groups is 1. The molecule has 1 aliphatic rings. The monoisotopic (exact) mass is 450 g/mol. The Hall–Kier alpha value is -3.66. The van der Waals surface area contributed by atoms with Gasteiger partial charge in [-0.1, -0.05) is 32.0 Å². The van der Waals surface area contributed by atoms with Gasteiger partial charge in [-0.05, 0) is 37.5 Å². The van der Waals surface area contributed by atoms with Crippen LogP contribution in [0.25, 0.3) is 0 Å². The Labute approximate surface area is 197 Å². The number of rotatable bonds is 10. The SMILES string of the molecule is C#C.CC.CCN(C=NCc1ccc(OC)nc1)CCCCN1C(=O)c2ccccc2C1=O. The van der Waals surface area contributed by atoms with E-state index in [0.717, 1.165) is 31.5 Å². The van der Waals surface area contributed by atoms with Gasteiger partial charge in [-0.15, -0.1) is 12.8 Å². The highest BCUT2D eigenvalue weighted by atomic mass is 16.5. The number of amides is 2. The van der Waals surface area contributed by atoms with Gasteiger partial charge in [0, 0.05) is 31.9 Å². The molecular weight excluding hydrogens is 416 g/mol. The number of aliphatic imine (C=N–C) groups is 1. The third-order valence-electron chi connectivity index (χ3n) is 4.89. The molecule has 1 aromatic heterocycles. The average molecular weight is 451 g/mol. The minimum absolute atomic E-state index is 0.187. The van der Waals surface area contributed by atoms with Crippen molar-refractivity contribution in [2.75, 3.05) is 26.7 Å². The first-order valence-corrected chi connectivity index (χ1v) is 11.2. The number of terminal acetylenes is 1. The van der Waals surface area contributed by atoms with E-state index in [-0.39, 0.29) is 11.8 Å². The maximum absolute atomic E-state index is 12.4.